The molecule has 0 spiro atoms. The summed E-state index contributed by atoms with van der Waals surface area (Å²) in [7, 11) is 0. The van der Waals surface area contributed by atoms with Gasteiger partial charge in [-0.05, 0) is 24.3 Å². The SMILES string of the molecule is Nc1ccc2nc(Oc3cc(F)cc(F)c3)ccc2c1. The normalized spacial score (nSPS) is 10.7. The predicted octanol–water partition coefficient (Wildman–Crippen LogP) is 3.89. The summed E-state index contributed by atoms with van der Waals surface area (Å²) in [5.74, 6) is -1.08. The van der Waals surface area contributed by atoms with Crippen LogP contribution in [0.1, 0.15) is 0 Å². The average Bonchev–Trinajstić information content (AvgIpc) is 2.38. The smallest absolute Gasteiger partial charge is 0.219 e. The molecule has 20 heavy (non-hydrogen) atoms. The first-order valence-corrected chi connectivity index (χ1v) is 5.90. The summed E-state index contributed by atoms with van der Waals surface area (Å²) < 4.78 is 31.5. The lowest BCUT2D eigenvalue weighted by molar-refractivity contribution is 0.453. The summed E-state index contributed by atoms with van der Waals surface area (Å²) in [4.78, 5) is 4.25. The van der Waals surface area contributed by atoms with E-state index in [4.69, 9.17) is 10.5 Å². The number of nitrogens with zero attached hydrogens (tertiary/aromatic N) is 1. The van der Waals surface area contributed by atoms with Crippen LogP contribution in [0, 0.1) is 11.6 Å². The van der Waals surface area contributed by atoms with Crippen molar-refractivity contribution in [2.45, 2.75) is 0 Å². The average molecular weight is 272 g/mol. The number of hydrogen-bond donors (Lipinski definition) is 1. The van der Waals surface area contributed by atoms with Crippen LogP contribution in [0.15, 0.2) is 48.5 Å². The molecule has 0 atom stereocenters. The van der Waals surface area contributed by atoms with E-state index in [2.05, 4.69) is 4.98 Å². The van der Waals surface area contributed by atoms with E-state index < -0.39 is 11.6 Å². The second-order valence-electron chi connectivity index (χ2n) is 4.31. The zero-order valence-electron chi connectivity index (χ0n) is 10.3. The molecule has 0 aliphatic rings. The minimum absolute atomic E-state index is 0.0600. The van der Waals surface area contributed by atoms with Crippen LogP contribution in [0.2, 0.25) is 0 Å². The van der Waals surface area contributed by atoms with E-state index in [0.29, 0.717) is 11.2 Å². The van der Waals surface area contributed by atoms with Crippen LogP contribution in [0.25, 0.3) is 10.9 Å². The Bertz CT molecular complexity index is 770. The zero-order valence-corrected chi connectivity index (χ0v) is 10.3. The summed E-state index contributed by atoms with van der Waals surface area (Å²) >= 11 is 0. The summed E-state index contributed by atoms with van der Waals surface area (Å²) in [6, 6.07) is 11.6. The number of benzene rings is 2. The van der Waals surface area contributed by atoms with Crippen molar-refractivity contribution in [1.82, 2.24) is 4.98 Å². The molecular formula is C15H10F2N2O. The van der Waals surface area contributed by atoms with E-state index in [-0.39, 0.29) is 11.6 Å². The van der Waals surface area contributed by atoms with Gasteiger partial charge in [0.1, 0.15) is 17.4 Å². The number of hydrogen-bond acceptors (Lipinski definition) is 3. The third-order valence-electron chi connectivity index (χ3n) is 2.75. The van der Waals surface area contributed by atoms with Crippen LogP contribution in [0.5, 0.6) is 11.6 Å². The second kappa shape index (κ2) is 4.77. The Morgan fingerprint density at radius 2 is 1.65 bits per heavy atom. The monoisotopic (exact) mass is 272 g/mol. The van der Waals surface area contributed by atoms with Crippen LogP contribution < -0.4 is 10.5 Å². The predicted molar refractivity (Wildman–Crippen MR) is 72.6 cm³/mol. The molecule has 3 aromatic rings. The molecule has 2 N–H and O–H groups in total. The van der Waals surface area contributed by atoms with Gasteiger partial charge in [0, 0.05) is 35.3 Å². The molecule has 0 amide bonds. The first-order valence-electron chi connectivity index (χ1n) is 5.90. The Morgan fingerprint density at radius 3 is 2.40 bits per heavy atom. The lowest BCUT2D eigenvalue weighted by Crippen LogP contribution is -1.91. The fourth-order valence-corrected chi connectivity index (χ4v) is 1.89. The van der Waals surface area contributed by atoms with Crippen LogP contribution in [-0.4, -0.2) is 4.98 Å². The van der Waals surface area contributed by atoms with Crippen LogP contribution in [0.3, 0.4) is 0 Å². The van der Waals surface area contributed by atoms with Crippen molar-refractivity contribution >= 4 is 16.6 Å². The first kappa shape index (κ1) is 12.3. The third-order valence-corrected chi connectivity index (χ3v) is 2.75. The van der Waals surface area contributed by atoms with E-state index in [9.17, 15) is 8.78 Å². The quantitative estimate of drug-likeness (QED) is 0.720. The molecular weight excluding hydrogens is 262 g/mol. The largest absolute Gasteiger partial charge is 0.439 e. The maximum atomic E-state index is 13.1. The number of anilines is 1. The Balaban J connectivity index is 1.96. The maximum Gasteiger partial charge on any atom is 0.219 e. The molecule has 100 valence electrons. The number of fused-ring (bicyclic) bond motifs is 1. The second-order valence-corrected chi connectivity index (χ2v) is 4.31. The van der Waals surface area contributed by atoms with E-state index in [1.807, 2.05) is 0 Å². The number of ether oxygens (including phenoxy) is 1. The molecule has 3 nitrogen and oxygen atoms in total. The minimum Gasteiger partial charge on any atom is -0.439 e. The molecule has 0 aliphatic carbocycles. The molecule has 5 heteroatoms. The van der Waals surface area contributed by atoms with Gasteiger partial charge >= 0.3 is 0 Å². The van der Waals surface area contributed by atoms with Crippen molar-refractivity contribution in [1.29, 1.82) is 0 Å². The summed E-state index contributed by atoms with van der Waals surface area (Å²) in [6.45, 7) is 0. The van der Waals surface area contributed by atoms with Crippen molar-refractivity contribution in [3.8, 4) is 11.6 Å². The molecule has 2 aromatic carbocycles. The van der Waals surface area contributed by atoms with Crippen molar-refractivity contribution in [2.24, 2.45) is 0 Å². The highest BCUT2D eigenvalue weighted by Gasteiger charge is 2.05. The molecule has 0 unspecified atom stereocenters. The van der Waals surface area contributed by atoms with Gasteiger partial charge in [-0.1, -0.05) is 0 Å². The van der Waals surface area contributed by atoms with Crippen molar-refractivity contribution in [3.63, 3.8) is 0 Å². The van der Waals surface area contributed by atoms with Gasteiger partial charge in [0.05, 0.1) is 5.52 Å². The Morgan fingerprint density at radius 1 is 0.900 bits per heavy atom. The summed E-state index contributed by atoms with van der Waals surface area (Å²) in [6.07, 6.45) is 0. The first-order chi connectivity index (χ1) is 9.60. The molecule has 0 saturated carbocycles. The van der Waals surface area contributed by atoms with Gasteiger partial charge in [0.25, 0.3) is 0 Å². The van der Waals surface area contributed by atoms with Gasteiger partial charge in [-0.15, -0.1) is 0 Å². The number of aromatic nitrogens is 1. The third kappa shape index (κ3) is 2.51. The fraction of sp³-hybridized carbons (Fsp3) is 0. The lowest BCUT2D eigenvalue weighted by Gasteiger charge is -2.06. The summed E-state index contributed by atoms with van der Waals surface area (Å²) in [5, 5.41) is 0.864. The number of nitrogen functional groups attached to an aromatic ring is 1. The highest BCUT2D eigenvalue weighted by molar-refractivity contribution is 5.82. The van der Waals surface area contributed by atoms with Gasteiger partial charge in [-0.3, -0.25) is 0 Å². The zero-order chi connectivity index (χ0) is 14.1. The maximum absolute atomic E-state index is 13.1. The fourth-order valence-electron chi connectivity index (χ4n) is 1.89. The topological polar surface area (TPSA) is 48.1 Å². The van der Waals surface area contributed by atoms with Gasteiger partial charge < -0.3 is 10.5 Å². The van der Waals surface area contributed by atoms with Crippen molar-refractivity contribution in [2.75, 3.05) is 5.73 Å². The van der Waals surface area contributed by atoms with Gasteiger partial charge in [0.2, 0.25) is 5.88 Å². The Hall–Kier alpha value is -2.69. The molecule has 0 aliphatic heterocycles. The standard InChI is InChI=1S/C15H10F2N2O/c16-10-6-11(17)8-13(7-10)20-15-4-1-9-5-12(18)2-3-14(9)19-15/h1-8H,18H2. The number of rotatable bonds is 2. The van der Waals surface area contributed by atoms with E-state index in [0.717, 1.165) is 23.6 Å². The van der Waals surface area contributed by atoms with E-state index in [1.54, 1.807) is 30.3 Å². The lowest BCUT2D eigenvalue weighted by atomic mass is 10.2. The molecule has 1 aromatic heterocycles. The highest BCUT2D eigenvalue weighted by Crippen LogP contribution is 2.24. The molecule has 0 bridgehead atoms. The van der Waals surface area contributed by atoms with Gasteiger partial charge in [-0.25, -0.2) is 13.8 Å². The summed E-state index contributed by atoms with van der Waals surface area (Å²) in [5.41, 5.74) is 7.00. The van der Waals surface area contributed by atoms with Crippen LogP contribution >= 0.6 is 0 Å². The number of pyridine rings is 1. The minimum atomic E-state index is -0.700. The van der Waals surface area contributed by atoms with Gasteiger partial charge in [-0.2, -0.15) is 0 Å². The molecule has 0 fully saturated rings. The number of nitrogens with two attached hydrogens (primary N) is 1. The van der Waals surface area contributed by atoms with E-state index >= 15 is 0 Å². The number of halogens is 2. The molecule has 1 heterocycles. The molecule has 0 saturated heterocycles. The molecule has 3 rings (SSSR count). The van der Waals surface area contributed by atoms with Crippen molar-refractivity contribution < 1.29 is 13.5 Å². The van der Waals surface area contributed by atoms with Crippen LogP contribution in [-0.2, 0) is 0 Å². The Labute approximate surface area is 113 Å². The highest BCUT2D eigenvalue weighted by atomic mass is 19.1. The Kier molecular flexibility index (Phi) is 2.95. The molecule has 0 radical (unpaired) electrons. The van der Waals surface area contributed by atoms with Crippen molar-refractivity contribution in [3.05, 3.63) is 60.2 Å². The van der Waals surface area contributed by atoms with E-state index in [1.165, 1.54) is 0 Å². The van der Waals surface area contributed by atoms with Gasteiger partial charge in [0.15, 0.2) is 0 Å². The van der Waals surface area contributed by atoms with Crippen LogP contribution in [0.4, 0.5) is 14.5 Å².